The van der Waals surface area contributed by atoms with Crippen molar-refractivity contribution in [1.82, 2.24) is 0 Å². The topological polar surface area (TPSA) is 59.3 Å². The molecule has 0 spiro atoms. The van der Waals surface area contributed by atoms with Crippen LogP contribution in [-0.4, -0.2) is 5.66 Å². The Labute approximate surface area is 156 Å². The van der Waals surface area contributed by atoms with Gasteiger partial charge >= 0.3 is 7.60 Å². The van der Waals surface area contributed by atoms with E-state index in [0.29, 0.717) is 17.9 Å². The van der Waals surface area contributed by atoms with Crippen molar-refractivity contribution >= 4 is 7.60 Å². The van der Waals surface area contributed by atoms with E-state index >= 15 is 0 Å². The summed E-state index contributed by atoms with van der Waals surface area (Å²) in [6.07, 6.45) is 0.643. The van der Waals surface area contributed by atoms with E-state index in [1.807, 2.05) is 71.0 Å². The average molecular weight is 371 g/mol. The minimum absolute atomic E-state index is 0.115. The SMILES string of the molecule is CCC(CC#N)P(=O)(Oc1ccc(C)cc1C)Oc1ccc(C)cc1C. The van der Waals surface area contributed by atoms with Crippen LogP contribution in [0, 0.1) is 39.0 Å². The quantitative estimate of drug-likeness (QED) is 0.539. The van der Waals surface area contributed by atoms with Gasteiger partial charge in [-0.1, -0.05) is 42.3 Å². The van der Waals surface area contributed by atoms with E-state index in [0.717, 1.165) is 22.3 Å². The number of benzene rings is 2. The molecule has 2 rings (SSSR count). The molecule has 0 fully saturated rings. The fourth-order valence-electron chi connectivity index (χ4n) is 2.83. The predicted molar refractivity (Wildman–Crippen MR) is 105 cm³/mol. The lowest BCUT2D eigenvalue weighted by atomic mass is 10.1. The highest BCUT2D eigenvalue weighted by Crippen LogP contribution is 2.56. The van der Waals surface area contributed by atoms with Crippen LogP contribution >= 0.6 is 7.60 Å². The van der Waals surface area contributed by atoms with Gasteiger partial charge < -0.3 is 9.05 Å². The first-order valence-corrected chi connectivity index (χ1v) is 10.4. The summed E-state index contributed by atoms with van der Waals surface area (Å²) in [5, 5.41) is 9.16. The van der Waals surface area contributed by atoms with Crippen molar-refractivity contribution in [2.45, 2.75) is 53.1 Å². The molecule has 2 aromatic carbocycles. The van der Waals surface area contributed by atoms with Gasteiger partial charge in [-0.15, -0.1) is 0 Å². The van der Waals surface area contributed by atoms with Gasteiger partial charge in [0.05, 0.1) is 18.1 Å². The van der Waals surface area contributed by atoms with Crippen LogP contribution in [0.5, 0.6) is 11.5 Å². The van der Waals surface area contributed by atoms with Crippen molar-refractivity contribution in [3.8, 4) is 17.6 Å². The molecule has 0 heterocycles. The lowest BCUT2D eigenvalue weighted by Crippen LogP contribution is -2.16. The van der Waals surface area contributed by atoms with Crippen molar-refractivity contribution < 1.29 is 13.6 Å². The number of nitrogens with zero attached hydrogens (tertiary/aromatic N) is 1. The molecule has 0 aliphatic carbocycles. The first-order chi connectivity index (χ1) is 12.3. The van der Waals surface area contributed by atoms with Crippen molar-refractivity contribution in [1.29, 1.82) is 5.26 Å². The molecule has 26 heavy (non-hydrogen) atoms. The molecule has 0 aliphatic rings. The zero-order valence-electron chi connectivity index (χ0n) is 16.1. The number of rotatable bonds is 7. The van der Waals surface area contributed by atoms with E-state index in [-0.39, 0.29) is 6.42 Å². The minimum atomic E-state index is -3.60. The standard InChI is InChI=1S/C21H26NO3P/c1-6-19(11-12-22)26(23,24-20-9-7-15(2)13-17(20)4)25-21-10-8-16(3)14-18(21)5/h7-10,13-14,19H,6,11H2,1-5H3. The molecule has 0 radical (unpaired) electrons. The van der Waals surface area contributed by atoms with E-state index in [1.54, 1.807) is 0 Å². The number of nitriles is 1. The Balaban J connectivity index is 2.44. The largest absolute Gasteiger partial charge is 0.434 e. The molecule has 138 valence electrons. The van der Waals surface area contributed by atoms with Crippen LogP contribution in [0.25, 0.3) is 0 Å². The number of hydrogen-bond acceptors (Lipinski definition) is 4. The average Bonchev–Trinajstić information content (AvgIpc) is 2.58. The van der Waals surface area contributed by atoms with Crippen LogP contribution in [0.15, 0.2) is 36.4 Å². The van der Waals surface area contributed by atoms with Gasteiger partial charge in [-0.2, -0.15) is 5.26 Å². The normalized spacial score (nSPS) is 12.3. The Hall–Kier alpha value is -2.24. The predicted octanol–water partition coefficient (Wildman–Crippen LogP) is 6.26. The lowest BCUT2D eigenvalue weighted by molar-refractivity contribution is 0.367. The molecule has 0 saturated heterocycles. The second-order valence-corrected chi connectivity index (χ2v) is 8.86. The molecular formula is C21H26NO3P. The summed E-state index contributed by atoms with van der Waals surface area (Å²) in [7, 11) is -3.60. The molecule has 5 heteroatoms. The molecule has 4 nitrogen and oxygen atoms in total. The Morgan fingerprint density at radius 2 is 1.42 bits per heavy atom. The van der Waals surface area contributed by atoms with Crippen molar-refractivity contribution in [2.24, 2.45) is 0 Å². The van der Waals surface area contributed by atoms with Crippen LogP contribution in [0.4, 0.5) is 0 Å². The smallest absolute Gasteiger partial charge is 0.416 e. The van der Waals surface area contributed by atoms with Crippen molar-refractivity contribution in [2.75, 3.05) is 0 Å². The third-order valence-electron chi connectivity index (χ3n) is 4.36. The van der Waals surface area contributed by atoms with Gasteiger partial charge in [-0.05, 0) is 57.4 Å². The first-order valence-electron chi connectivity index (χ1n) is 8.79. The van der Waals surface area contributed by atoms with Crippen LogP contribution in [-0.2, 0) is 4.57 Å². The summed E-state index contributed by atoms with van der Waals surface area (Å²) in [6, 6.07) is 13.5. The second kappa shape index (κ2) is 8.43. The van der Waals surface area contributed by atoms with Crippen molar-refractivity contribution in [3.05, 3.63) is 58.7 Å². The Morgan fingerprint density at radius 1 is 0.962 bits per heavy atom. The molecule has 2 aromatic rings. The van der Waals surface area contributed by atoms with Gasteiger partial charge in [0, 0.05) is 0 Å². The van der Waals surface area contributed by atoms with Crippen LogP contribution < -0.4 is 9.05 Å². The van der Waals surface area contributed by atoms with E-state index < -0.39 is 13.3 Å². The highest BCUT2D eigenvalue weighted by molar-refractivity contribution is 7.55. The molecular weight excluding hydrogens is 345 g/mol. The summed E-state index contributed by atoms with van der Waals surface area (Å²) >= 11 is 0. The molecule has 0 saturated carbocycles. The lowest BCUT2D eigenvalue weighted by Gasteiger charge is -2.27. The second-order valence-electron chi connectivity index (χ2n) is 6.68. The van der Waals surface area contributed by atoms with Gasteiger partial charge in [-0.3, -0.25) is 0 Å². The van der Waals surface area contributed by atoms with Gasteiger partial charge in [0.2, 0.25) is 0 Å². The minimum Gasteiger partial charge on any atom is -0.416 e. The number of aryl methyl sites for hydroxylation is 4. The number of hydrogen-bond donors (Lipinski definition) is 0. The zero-order chi connectivity index (χ0) is 19.3. The van der Waals surface area contributed by atoms with Gasteiger partial charge in [0.1, 0.15) is 11.5 Å². The monoisotopic (exact) mass is 371 g/mol. The van der Waals surface area contributed by atoms with E-state index in [1.165, 1.54) is 0 Å². The van der Waals surface area contributed by atoms with Gasteiger partial charge in [0.25, 0.3) is 0 Å². The molecule has 1 atom stereocenters. The van der Waals surface area contributed by atoms with E-state index in [2.05, 4.69) is 6.07 Å². The van der Waals surface area contributed by atoms with E-state index in [4.69, 9.17) is 14.3 Å². The highest BCUT2D eigenvalue weighted by atomic mass is 31.2. The first kappa shape index (κ1) is 20.1. The summed E-state index contributed by atoms with van der Waals surface area (Å²) in [5.41, 5.74) is 3.49. The van der Waals surface area contributed by atoms with Gasteiger partial charge in [-0.25, -0.2) is 4.57 Å². The molecule has 1 unspecified atom stereocenters. The Morgan fingerprint density at radius 3 is 1.77 bits per heavy atom. The van der Waals surface area contributed by atoms with Crippen LogP contribution in [0.3, 0.4) is 0 Å². The molecule has 0 bridgehead atoms. The Bertz CT molecular complexity index is 813. The maximum Gasteiger partial charge on any atom is 0.434 e. The molecule has 0 aliphatic heterocycles. The summed E-state index contributed by atoms with van der Waals surface area (Å²) in [6.45, 7) is 9.70. The fourth-order valence-corrected chi connectivity index (χ4v) is 4.88. The molecule has 0 aromatic heterocycles. The maximum atomic E-state index is 13.8. The third-order valence-corrected chi connectivity index (χ3v) is 6.70. The van der Waals surface area contributed by atoms with Crippen LogP contribution in [0.2, 0.25) is 0 Å². The van der Waals surface area contributed by atoms with Gasteiger partial charge in [0.15, 0.2) is 0 Å². The summed E-state index contributed by atoms with van der Waals surface area (Å²) in [4.78, 5) is 0. The highest BCUT2D eigenvalue weighted by Gasteiger charge is 2.38. The third kappa shape index (κ3) is 4.68. The zero-order valence-corrected chi connectivity index (χ0v) is 17.0. The van der Waals surface area contributed by atoms with Crippen molar-refractivity contribution in [3.63, 3.8) is 0 Å². The fraction of sp³-hybridized carbons (Fsp3) is 0.381. The molecule has 0 N–H and O–H groups in total. The van der Waals surface area contributed by atoms with Crippen LogP contribution in [0.1, 0.15) is 42.0 Å². The summed E-state index contributed by atoms with van der Waals surface area (Å²) < 4.78 is 25.7. The summed E-state index contributed by atoms with van der Waals surface area (Å²) in [5.74, 6) is 1.06. The molecule has 0 amide bonds. The maximum absolute atomic E-state index is 13.8. The van der Waals surface area contributed by atoms with E-state index in [9.17, 15) is 4.57 Å². The Kier molecular flexibility index (Phi) is 6.51.